The van der Waals surface area contributed by atoms with E-state index in [0.29, 0.717) is 13.0 Å². The second-order valence-corrected chi connectivity index (χ2v) is 3.65. The molecule has 0 aromatic heterocycles. The Balaban J connectivity index is 2.22. The third-order valence-corrected chi connectivity index (χ3v) is 2.59. The zero-order chi connectivity index (χ0) is 10.7. The van der Waals surface area contributed by atoms with Gasteiger partial charge in [0.25, 0.3) is 0 Å². The third-order valence-electron chi connectivity index (χ3n) is 2.59. The highest BCUT2D eigenvalue weighted by Crippen LogP contribution is 2.31. The molecule has 1 unspecified atom stereocenters. The first kappa shape index (κ1) is 10.2. The summed E-state index contributed by atoms with van der Waals surface area (Å²) in [7, 11) is 1.66. The Hall–Kier alpha value is -1.35. The van der Waals surface area contributed by atoms with E-state index < -0.39 is 0 Å². The molecular formula is C12H14O3. The number of carbonyl (C=O) groups excluding carboxylic acids is 1. The Labute approximate surface area is 89.0 Å². The SMILES string of the molecule is COCc1ccccc1C1CCC(=O)O1. The Kier molecular flexibility index (Phi) is 3.02. The van der Waals surface area contributed by atoms with Gasteiger partial charge < -0.3 is 9.47 Å². The standard InChI is InChI=1S/C12H14O3/c1-14-8-9-4-2-3-5-10(9)11-6-7-12(13)15-11/h2-5,11H,6-8H2,1H3. The average molecular weight is 206 g/mol. The lowest BCUT2D eigenvalue weighted by atomic mass is 10.0. The van der Waals surface area contributed by atoms with Crippen LogP contribution in [-0.2, 0) is 20.9 Å². The van der Waals surface area contributed by atoms with E-state index in [-0.39, 0.29) is 12.1 Å². The van der Waals surface area contributed by atoms with Crippen molar-refractivity contribution in [3.63, 3.8) is 0 Å². The summed E-state index contributed by atoms with van der Waals surface area (Å²) in [6.45, 7) is 0.560. The molecule has 1 fully saturated rings. The van der Waals surface area contributed by atoms with Gasteiger partial charge in [-0.25, -0.2) is 0 Å². The van der Waals surface area contributed by atoms with Crippen molar-refractivity contribution in [2.45, 2.75) is 25.6 Å². The van der Waals surface area contributed by atoms with E-state index in [1.165, 1.54) is 0 Å². The number of benzene rings is 1. The smallest absolute Gasteiger partial charge is 0.306 e. The maximum absolute atomic E-state index is 11.0. The van der Waals surface area contributed by atoms with Crippen LogP contribution in [0.2, 0.25) is 0 Å². The van der Waals surface area contributed by atoms with Crippen molar-refractivity contribution in [2.24, 2.45) is 0 Å². The maximum Gasteiger partial charge on any atom is 0.306 e. The Morgan fingerprint density at radius 2 is 2.27 bits per heavy atom. The molecule has 1 saturated heterocycles. The zero-order valence-electron chi connectivity index (χ0n) is 8.73. The van der Waals surface area contributed by atoms with Gasteiger partial charge in [0.05, 0.1) is 6.61 Å². The van der Waals surface area contributed by atoms with Crippen LogP contribution in [-0.4, -0.2) is 13.1 Å². The predicted octanol–water partition coefficient (Wildman–Crippen LogP) is 2.21. The lowest BCUT2D eigenvalue weighted by molar-refractivity contribution is -0.141. The quantitative estimate of drug-likeness (QED) is 0.711. The van der Waals surface area contributed by atoms with E-state index in [1.54, 1.807) is 7.11 Å². The molecule has 1 aromatic carbocycles. The van der Waals surface area contributed by atoms with Crippen LogP contribution in [0, 0.1) is 0 Å². The normalized spacial score (nSPS) is 20.3. The summed E-state index contributed by atoms with van der Waals surface area (Å²) in [4.78, 5) is 11.0. The monoisotopic (exact) mass is 206 g/mol. The molecule has 0 saturated carbocycles. The molecule has 3 nitrogen and oxygen atoms in total. The van der Waals surface area contributed by atoms with Crippen LogP contribution in [0.5, 0.6) is 0 Å². The summed E-state index contributed by atoms with van der Waals surface area (Å²) >= 11 is 0. The first-order chi connectivity index (χ1) is 7.31. The van der Waals surface area contributed by atoms with Crippen molar-refractivity contribution in [1.82, 2.24) is 0 Å². The van der Waals surface area contributed by atoms with Gasteiger partial charge in [-0.2, -0.15) is 0 Å². The van der Waals surface area contributed by atoms with Crippen LogP contribution in [0.4, 0.5) is 0 Å². The molecule has 2 rings (SSSR count). The molecule has 1 aliphatic heterocycles. The van der Waals surface area contributed by atoms with Crippen LogP contribution >= 0.6 is 0 Å². The predicted molar refractivity (Wildman–Crippen MR) is 55.2 cm³/mol. The van der Waals surface area contributed by atoms with Crippen molar-refractivity contribution in [3.05, 3.63) is 35.4 Å². The van der Waals surface area contributed by atoms with E-state index in [9.17, 15) is 4.79 Å². The molecule has 15 heavy (non-hydrogen) atoms. The van der Waals surface area contributed by atoms with Crippen molar-refractivity contribution in [1.29, 1.82) is 0 Å². The highest BCUT2D eigenvalue weighted by Gasteiger charge is 2.26. The summed E-state index contributed by atoms with van der Waals surface area (Å²) in [5, 5.41) is 0. The molecule has 80 valence electrons. The summed E-state index contributed by atoms with van der Waals surface area (Å²) in [5.41, 5.74) is 2.17. The van der Waals surface area contributed by atoms with E-state index in [2.05, 4.69) is 0 Å². The van der Waals surface area contributed by atoms with Gasteiger partial charge in [0.2, 0.25) is 0 Å². The summed E-state index contributed by atoms with van der Waals surface area (Å²) in [6.07, 6.45) is 1.22. The second kappa shape index (κ2) is 4.45. The first-order valence-electron chi connectivity index (χ1n) is 5.07. The van der Waals surface area contributed by atoms with Crippen LogP contribution in [0.25, 0.3) is 0 Å². The van der Waals surface area contributed by atoms with E-state index in [0.717, 1.165) is 17.5 Å². The van der Waals surface area contributed by atoms with Gasteiger partial charge in [0, 0.05) is 13.5 Å². The number of hydrogen-bond acceptors (Lipinski definition) is 3. The molecule has 0 amide bonds. The van der Waals surface area contributed by atoms with E-state index >= 15 is 0 Å². The third kappa shape index (κ3) is 2.18. The summed E-state index contributed by atoms with van der Waals surface area (Å²) in [6, 6.07) is 7.93. The van der Waals surface area contributed by atoms with Gasteiger partial charge >= 0.3 is 5.97 Å². The largest absolute Gasteiger partial charge is 0.457 e. The molecule has 0 spiro atoms. The van der Waals surface area contributed by atoms with Gasteiger partial charge in [0.15, 0.2) is 0 Å². The molecule has 1 atom stereocenters. The molecule has 0 radical (unpaired) electrons. The van der Waals surface area contributed by atoms with Crippen LogP contribution < -0.4 is 0 Å². The topological polar surface area (TPSA) is 35.5 Å². The molecule has 0 aliphatic carbocycles. The molecule has 3 heteroatoms. The van der Waals surface area contributed by atoms with Gasteiger partial charge in [-0.3, -0.25) is 4.79 Å². The molecule has 0 N–H and O–H groups in total. The van der Waals surface area contributed by atoms with Crippen molar-refractivity contribution >= 4 is 5.97 Å². The first-order valence-corrected chi connectivity index (χ1v) is 5.07. The minimum Gasteiger partial charge on any atom is -0.457 e. The van der Waals surface area contributed by atoms with Crippen molar-refractivity contribution in [3.8, 4) is 0 Å². The zero-order valence-corrected chi connectivity index (χ0v) is 8.73. The molecule has 1 heterocycles. The number of cyclic esters (lactones) is 1. The van der Waals surface area contributed by atoms with Crippen molar-refractivity contribution in [2.75, 3.05) is 7.11 Å². The van der Waals surface area contributed by atoms with Gasteiger partial charge in [0.1, 0.15) is 6.10 Å². The maximum atomic E-state index is 11.0. The van der Waals surface area contributed by atoms with Crippen LogP contribution in [0.3, 0.4) is 0 Å². The number of rotatable bonds is 3. The number of methoxy groups -OCH3 is 1. The number of ether oxygens (including phenoxy) is 2. The fraction of sp³-hybridized carbons (Fsp3) is 0.417. The average Bonchev–Trinajstić information content (AvgIpc) is 2.66. The number of esters is 1. The summed E-state index contributed by atoms with van der Waals surface area (Å²) < 4.78 is 10.4. The summed E-state index contributed by atoms with van der Waals surface area (Å²) in [5.74, 6) is -0.104. The van der Waals surface area contributed by atoms with E-state index in [4.69, 9.17) is 9.47 Å². The Bertz CT molecular complexity index is 360. The Morgan fingerprint density at radius 1 is 1.47 bits per heavy atom. The van der Waals surface area contributed by atoms with Gasteiger partial charge in [-0.15, -0.1) is 0 Å². The van der Waals surface area contributed by atoms with Crippen molar-refractivity contribution < 1.29 is 14.3 Å². The van der Waals surface area contributed by atoms with Gasteiger partial charge in [-0.1, -0.05) is 24.3 Å². The lowest BCUT2D eigenvalue weighted by Crippen LogP contribution is -2.03. The molecule has 1 aliphatic rings. The number of carbonyl (C=O) groups is 1. The lowest BCUT2D eigenvalue weighted by Gasteiger charge is -2.13. The second-order valence-electron chi connectivity index (χ2n) is 3.65. The highest BCUT2D eigenvalue weighted by atomic mass is 16.5. The fourth-order valence-electron chi connectivity index (χ4n) is 1.88. The highest BCUT2D eigenvalue weighted by molar-refractivity contribution is 5.71. The Morgan fingerprint density at radius 3 is 2.93 bits per heavy atom. The fourth-order valence-corrected chi connectivity index (χ4v) is 1.88. The molecule has 1 aromatic rings. The molecular weight excluding hydrogens is 192 g/mol. The minimum atomic E-state index is -0.104. The molecule has 0 bridgehead atoms. The van der Waals surface area contributed by atoms with Crippen LogP contribution in [0.15, 0.2) is 24.3 Å². The minimum absolute atomic E-state index is 0.0798. The van der Waals surface area contributed by atoms with Gasteiger partial charge in [-0.05, 0) is 17.5 Å². The van der Waals surface area contributed by atoms with Crippen LogP contribution in [0.1, 0.15) is 30.1 Å². The number of hydrogen-bond donors (Lipinski definition) is 0. The van der Waals surface area contributed by atoms with E-state index in [1.807, 2.05) is 24.3 Å².